The van der Waals surface area contributed by atoms with E-state index in [2.05, 4.69) is 50.1 Å². The lowest BCUT2D eigenvalue weighted by atomic mass is 9.89. The average Bonchev–Trinajstić information content (AvgIpc) is 2.28. The molecule has 1 heterocycles. The Bertz CT molecular complexity index is 316. The lowest BCUT2D eigenvalue weighted by Gasteiger charge is -2.21. The average molecular weight is 234 g/mol. The molecule has 0 amide bonds. The lowest BCUT2D eigenvalue weighted by Crippen LogP contribution is -2.27. The number of aromatic nitrogens is 1. The van der Waals surface area contributed by atoms with Crippen LogP contribution < -0.4 is 5.32 Å². The minimum absolute atomic E-state index is 0.558. The van der Waals surface area contributed by atoms with Gasteiger partial charge in [0.25, 0.3) is 0 Å². The van der Waals surface area contributed by atoms with Crippen molar-refractivity contribution in [1.82, 2.24) is 10.3 Å². The predicted molar refractivity (Wildman–Crippen MR) is 74.3 cm³/mol. The second-order valence-electron chi connectivity index (χ2n) is 5.55. The summed E-state index contributed by atoms with van der Waals surface area (Å²) < 4.78 is 0. The maximum atomic E-state index is 4.37. The molecule has 2 unspecified atom stereocenters. The Morgan fingerprint density at radius 1 is 1.12 bits per heavy atom. The Labute approximate surface area is 106 Å². The largest absolute Gasteiger partial charge is 0.316 e. The highest BCUT2D eigenvalue weighted by Crippen LogP contribution is 2.22. The number of hydrogen-bond donors (Lipinski definition) is 1. The van der Waals surface area contributed by atoms with Crippen molar-refractivity contribution in [2.75, 3.05) is 13.1 Å². The van der Waals surface area contributed by atoms with Gasteiger partial charge in [0.1, 0.15) is 0 Å². The van der Waals surface area contributed by atoms with E-state index in [1.54, 1.807) is 0 Å². The van der Waals surface area contributed by atoms with E-state index in [1.807, 2.05) is 13.1 Å². The van der Waals surface area contributed by atoms with Crippen LogP contribution in [0.25, 0.3) is 0 Å². The summed E-state index contributed by atoms with van der Waals surface area (Å²) in [6.07, 6.45) is 2.01. The van der Waals surface area contributed by atoms with E-state index >= 15 is 0 Å². The highest BCUT2D eigenvalue weighted by Gasteiger charge is 2.14. The Morgan fingerprint density at radius 3 is 2.35 bits per heavy atom. The van der Waals surface area contributed by atoms with E-state index in [0.717, 1.165) is 24.7 Å². The van der Waals surface area contributed by atoms with Crippen LogP contribution in [0.15, 0.2) is 18.3 Å². The van der Waals surface area contributed by atoms with E-state index in [0.29, 0.717) is 11.8 Å². The second-order valence-corrected chi connectivity index (χ2v) is 5.55. The van der Waals surface area contributed by atoms with Crippen molar-refractivity contribution < 1.29 is 0 Å². The van der Waals surface area contributed by atoms with Gasteiger partial charge in [0, 0.05) is 11.9 Å². The summed E-state index contributed by atoms with van der Waals surface area (Å²) in [5.74, 6) is 1.92. The first-order chi connectivity index (χ1) is 8.00. The third kappa shape index (κ3) is 4.86. The Hall–Kier alpha value is -0.890. The SMILES string of the molecule is Cc1ccc(C(C)C(C)CNCC(C)C)cn1. The molecule has 2 nitrogen and oxygen atoms in total. The summed E-state index contributed by atoms with van der Waals surface area (Å²) in [6.45, 7) is 13.3. The fourth-order valence-electron chi connectivity index (χ4n) is 1.85. The van der Waals surface area contributed by atoms with Gasteiger partial charge in [-0.2, -0.15) is 0 Å². The minimum Gasteiger partial charge on any atom is -0.316 e. The maximum absolute atomic E-state index is 4.37. The van der Waals surface area contributed by atoms with Gasteiger partial charge >= 0.3 is 0 Å². The molecule has 0 bridgehead atoms. The van der Waals surface area contributed by atoms with Gasteiger partial charge in [0.15, 0.2) is 0 Å². The standard InChI is InChI=1S/C15H26N2/c1-11(2)8-16-9-12(3)14(5)15-7-6-13(4)17-10-15/h6-7,10-12,14,16H,8-9H2,1-5H3. The molecule has 0 aliphatic heterocycles. The molecule has 1 aromatic heterocycles. The Kier molecular flexibility index (Phi) is 5.63. The fraction of sp³-hybridized carbons (Fsp3) is 0.667. The molecule has 0 aromatic carbocycles. The van der Waals surface area contributed by atoms with Gasteiger partial charge in [-0.25, -0.2) is 0 Å². The molecule has 0 saturated carbocycles. The van der Waals surface area contributed by atoms with Crippen molar-refractivity contribution in [3.63, 3.8) is 0 Å². The van der Waals surface area contributed by atoms with E-state index in [9.17, 15) is 0 Å². The first-order valence-corrected chi connectivity index (χ1v) is 6.64. The minimum atomic E-state index is 0.558. The van der Waals surface area contributed by atoms with Gasteiger partial charge in [-0.1, -0.05) is 33.8 Å². The molecule has 0 aliphatic carbocycles. The number of pyridine rings is 1. The van der Waals surface area contributed by atoms with Crippen LogP contribution in [0.4, 0.5) is 0 Å². The molecule has 1 rings (SSSR count). The molecular weight excluding hydrogens is 208 g/mol. The molecule has 1 N–H and O–H groups in total. The highest BCUT2D eigenvalue weighted by atomic mass is 14.9. The molecule has 2 atom stereocenters. The molecule has 0 radical (unpaired) electrons. The Morgan fingerprint density at radius 2 is 1.82 bits per heavy atom. The zero-order valence-electron chi connectivity index (χ0n) is 11.8. The summed E-state index contributed by atoms with van der Waals surface area (Å²) in [5, 5.41) is 3.53. The first kappa shape index (κ1) is 14.2. The number of aryl methyl sites for hydroxylation is 1. The van der Waals surface area contributed by atoms with Crippen molar-refractivity contribution in [1.29, 1.82) is 0 Å². The van der Waals surface area contributed by atoms with Crippen LogP contribution in [0.1, 0.15) is 44.9 Å². The summed E-state index contributed by atoms with van der Waals surface area (Å²) in [4.78, 5) is 4.37. The van der Waals surface area contributed by atoms with Crippen molar-refractivity contribution in [2.45, 2.75) is 40.5 Å². The zero-order valence-corrected chi connectivity index (χ0v) is 11.8. The van der Waals surface area contributed by atoms with E-state index in [4.69, 9.17) is 0 Å². The van der Waals surface area contributed by atoms with E-state index in [1.165, 1.54) is 5.56 Å². The summed E-state index contributed by atoms with van der Waals surface area (Å²) in [7, 11) is 0. The number of nitrogens with zero attached hydrogens (tertiary/aromatic N) is 1. The molecule has 17 heavy (non-hydrogen) atoms. The van der Waals surface area contributed by atoms with Crippen LogP contribution in [0.2, 0.25) is 0 Å². The van der Waals surface area contributed by atoms with Crippen LogP contribution in [-0.2, 0) is 0 Å². The maximum Gasteiger partial charge on any atom is 0.0372 e. The van der Waals surface area contributed by atoms with Crippen molar-refractivity contribution in [3.05, 3.63) is 29.6 Å². The molecule has 0 spiro atoms. The lowest BCUT2D eigenvalue weighted by molar-refractivity contribution is 0.428. The van der Waals surface area contributed by atoms with Crippen LogP contribution in [0.5, 0.6) is 0 Å². The first-order valence-electron chi connectivity index (χ1n) is 6.64. The molecule has 1 aromatic rings. The number of hydrogen-bond acceptors (Lipinski definition) is 2. The summed E-state index contributed by atoms with van der Waals surface area (Å²) in [6, 6.07) is 4.30. The normalized spacial score (nSPS) is 14.9. The van der Waals surface area contributed by atoms with Gasteiger partial charge < -0.3 is 5.32 Å². The van der Waals surface area contributed by atoms with Crippen molar-refractivity contribution >= 4 is 0 Å². The third-order valence-electron chi connectivity index (χ3n) is 3.33. The Balaban J connectivity index is 2.45. The van der Waals surface area contributed by atoms with Crippen molar-refractivity contribution in [3.8, 4) is 0 Å². The topological polar surface area (TPSA) is 24.9 Å². The zero-order chi connectivity index (χ0) is 12.8. The predicted octanol–water partition coefficient (Wildman–Crippen LogP) is 3.38. The number of rotatable bonds is 6. The van der Waals surface area contributed by atoms with Crippen LogP contribution in [0.3, 0.4) is 0 Å². The van der Waals surface area contributed by atoms with Gasteiger partial charge in [-0.05, 0) is 49.4 Å². The van der Waals surface area contributed by atoms with Crippen molar-refractivity contribution in [2.24, 2.45) is 11.8 Å². The summed E-state index contributed by atoms with van der Waals surface area (Å²) in [5.41, 5.74) is 2.43. The molecule has 0 fully saturated rings. The molecule has 0 aliphatic rings. The van der Waals surface area contributed by atoms with E-state index < -0.39 is 0 Å². The second kappa shape index (κ2) is 6.75. The van der Waals surface area contributed by atoms with Gasteiger partial charge in [0.2, 0.25) is 0 Å². The van der Waals surface area contributed by atoms with Gasteiger partial charge in [-0.15, -0.1) is 0 Å². The monoisotopic (exact) mass is 234 g/mol. The molecule has 0 saturated heterocycles. The van der Waals surface area contributed by atoms with Crippen LogP contribution >= 0.6 is 0 Å². The molecular formula is C15H26N2. The third-order valence-corrected chi connectivity index (χ3v) is 3.33. The number of nitrogens with one attached hydrogen (secondary N) is 1. The van der Waals surface area contributed by atoms with Gasteiger partial charge in [-0.3, -0.25) is 4.98 Å². The van der Waals surface area contributed by atoms with Crippen LogP contribution in [0, 0.1) is 18.8 Å². The van der Waals surface area contributed by atoms with Crippen LogP contribution in [-0.4, -0.2) is 18.1 Å². The highest BCUT2D eigenvalue weighted by molar-refractivity contribution is 5.17. The quantitative estimate of drug-likeness (QED) is 0.816. The molecule has 96 valence electrons. The van der Waals surface area contributed by atoms with Gasteiger partial charge in [0.05, 0.1) is 0 Å². The smallest absolute Gasteiger partial charge is 0.0372 e. The molecule has 2 heteroatoms. The fourth-order valence-corrected chi connectivity index (χ4v) is 1.85. The van der Waals surface area contributed by atoms with E-state index in [-0.39, 0.29) is 0 Å². The summed E-state index contributed by atoms with van der Waals surface area (Å²) >= 11 is 0.